The highest BCUT2D eigenvalue weighted by atomic mass is 79.9. The van der Waals surface area contributed by atoms with Gasteiger partial charge in [-0.05, 0) is 52.0 Å². The van der Waals surface area contributed by atoms with Crippen LogP contribution >= 0.6 is 15.9 Å². The number of pyridine rings is 1. The lowest BCUT2D eigenvalue weighted by Crippen LogP contribution is -2.28. The maximum Gasteiger partial charge on any atom is 0.413 e. The predicted octanol–water partition coefficient (Wildman–Crippen LogP) is 4.63. The number of anilines is 1. The summed E-state index contributed by atoms with van der Waals surface area (Å²) in [4.78, 5) is 41.7. The van der Waals surface area contributed by atoms with E-state index in [4.69, 9.17) is 13.9 Å². The Morgan fingerprint density at radius 3 is 2.59 bits per heavy atom. The molecule has 0 radical (unpaired) electrons. The molecule has 1 amide bonds. The van der Waals surface area contributed by atoms with E-state index in [0.29, 0.717) is 15.4 Å². The minimum absolute atomic E-state index is 0.0241. The van der Waals surface area contributed by atoms with Crippen molar-refractivity contribution in [1.82, 2.24) is 4.98 Å². The van der Waals surface area contributed by atoms with Crippen molar-refractivity contribution >= 4 is 55.9 Å². The smallest absolute Gasteiger partial charge is 0.413 e. The summed E-state index contributed by atoms with van der Waals surface area (Å²) in [5, 5.41) is 2.85. The summed E-state index contributed by atoms with van der Waals surface area (Å²) in [6.07, 6.45) is -0.804. The molecule has 2 aromatic heterocycles. The zero-order chi connectivity index (χ0) is 21.3. The minimum Gasteiger partial charge on any atom is -0.462 e. The fourth-order valence-electron chi connectivity index (χ4n) is 2.61. The predicted molar refractivity (Wildman–Crippen MR) is 111 cm³/mol. The Bertz CT molecular complexity index is 1180. The number of fused-ring (bicyclic) bond motifs is 2. The van der Waals surface area contributed by atoms with Crippen LogP contribution in [0.4, 0.5) is 10.6 Å². The normalized spacial score (nSPS) is 11.5. The number of nitrogens with one attached hydrogen (secondary N) is 1. The third-order valence-electron chi connectivity index (χ3n) is 3.74. The Balaban J connectivity index is 2.20. The molecule has 0 aliphatic carbocycles. The third kappa shape index (κ3) is 4.56. The number of hydrogen-bond acceptors (Lipinski definition) is 7. The molecule has 152 valence electrons. The summed E-state index contributed by atoms with van der Waals surface area (Å²) in [5.41, 5.74) is -0.883. The first kappa shape index (κ1) is 20.8. The lowest BCUT2D eigenvalue weighted by atomic mass is 10.1. The minimum atomic E-state index is -0.804. The summed E-state index contributed by atoms with van der Waals surface area (Å²) >= 11 is 3.32. The molecule has 0 bridgehead atoms. The average Bonchev–Trinajstić information content (AvgIpc) is 2.60. The monoisotopic (exact) mass is 462 g/mol. The third-order valence-corrected chi connectivity index (χ3v) is 4.23. The van der Waals surface area contributed by atoms with Gasteiger partial charge in [0.1, 0.15) is 16.7 Å². The molecule has 0 spiro atoms. The summed E-state index contributed by atoms with van der Waals surface area (Å²) in [7, 11) is 0. The van der Waals surface area contributed by atoms with Gasteiger partial charge in [0.2, 0.25) is 11.1 Å². The van der Waals surface area contributed by atoms with Crippen LogP contribution in [0.15, 0.2) is 37.9 Å². The summed E-state index contributed by atoms with van der Waals surface area (Å²) in [6.45, 7) is 6.87. The van der Waals surface area contributed by atoms with Gasteiger partial charge in [0.25, 0.3) is 0 Å². The molecule has 0 fully saturated rings. The number of hydrogen-bond donors (Lipinski definition) is 1. The zero-order valence-electron chi connectivity index (χ0n) is 16.3. The average molecular weight is 463 g/mol. The van der Waals surface area contributed by atoms with Gasteiger partial charge in [-0.3, -0.25) is 10.1 Å². The Morgan fingerprint density at radius 1 is 1.21 bits per heavy atom. The first-order valence-electron chi connectivity index (χ1n) is 8.83. The Morgan fingerprint density at radius 2 is 1.93 bits per heavy atom. The fraction of sp³-hybridized carbons (Fsp3) is 0.300. The zero-order valence-corrected chi connectivity index (χ0v) is 17.9. The highest BCUT2D eigenvalue weighted by molar-refractivity contribution is 9.10. The van der Waals surface area contributed by atoms with E-state index < -0.39 is 17.7 Å². The summed E-state index contributed by atoms with van der Waals surface area (Å²) in [5.74, 6) is -0.855. The van der Waals surface area contributed by atoms with Gasteiger partial charge in [-0.15, -0.1) is 0 Å². The molecule has 3 rings (SSSR count). The van der Waals surface area contributed by atoms with Crippen LogP contribution in [0.2, 0.25) is 0 Å². The van der Waals surface area contributed by atoms with Crippen molar-refractivity contribution < 1.29 is 23.5 Å². The number of nitrogens with zero attached hydrogens (tertiary/aromatic N) is 1. The molecule has 29 heavy (non-hydrogen) atoms. The van der Waals surface area contributed by atoms with E-state index in [1.165, 1.54) is 6.07 Å². The Labute approximate surface area is 174 Å². The molecule has 9 heteroatoms. The van der Waals surface area contributed by atoms with E-state index in [2.05, 4.69) is 26.2 Å². The fourth-order valence-corrected chi connectivity index (χ4v) is 2.98. The van der Waals surface area contributed by atoms with Crippen molar-refractivity contribution in [2.24, 2.45) is 0 Å². The van der Waals surface area contributed by atoms with E-state index in [1.807, 2.05) is 0 Å². The number of amides is 1. The molecule has 0 atom stereocenters. The van der Waals surface area contributed by atoms with E-state index in [9.17, 15) is 14.4 Å². The van der Waals surface area contributed by atoms with Crippen LogP contribution in [0.5, 0.6) is 0 Å². The van der Waals surface area contributed by atoms with Crippen LogP contribution < -0.4 is 10.7 Å². The van der Waals surface area contributed by atoms with Crippen LogP contribution in [-0.2, 0) is 9.47 Å². The Kier molecular flexibility index (Phi) is 5.61. The van der Waals surface area contributed by atoms with Crippen LogP contribution in [-0.4, -0.2) is 29.3 Å². The van der Waals surface area contributed by atoms with Crippen LogP contribution in [0, 0.1) is 0 Å². The highest BCUT2D eigenvalue weighted by Crippen LogP contribution is 2.25. The highest BCUT2D eigenvalue weighted by Gasteiger charge is 2.23. The van der Waals surface area contributed by atoms with Crippen molar-refractivity contribution in [2.45, 2.75) is 33.3 Å². The van der Waals surface area contributed by atoms with Gasteiger partial charge >= 0.3 is 12.1 Å². The number of rotatable bonds is 3. The summed E-state index contributed by atoms with van der Waals surface area (Å²) in [6, 6.07) is 6.28. The van der Waals surface area contributed by atoms with Gasteiger partial charge in [0.15, 0.2) is 5.82 Å². The van der Waals surface area contributed by atoms with Gasteiger partial charge in [-0.2, -0.15) is 4.98 Å². The Hall–Kier alpha value is -2.94. The van der Waals surface area contributed by atoms with Gasteiger partial charge in [-0.1, -0.05) is 15.9 Å². The molecule has 2 heterocycles. The number of aromatic nitrogens is 1. The van der Waals surface area contributed by atoms with Gasteiger partial charge in [-0.25, -0.2) is 9.59 Å². The lowest BCUT2D eigenvalue weighted by Gasteiger charge is -2.20. The van der Waals surface area contributed by atoms with E-state index >= 15 is 0 Å². The van der Waals surface area contributed by atoms with E-state index in [-0.39, 0.29) is 34.5 Å². The van der Waals surface area contributed by atoms with Crippen molar-refractivity contribution in [1.29, 1.82) is 0 Å². The largest absolute Gasteiger partial charge is 0.462 e. The number of halogens is 1. The topological polar surface area (TPSA) is 108 Å². The quantitative estimate of drug-likeness (QED) is 0.446. The standard InChI is InChI=1S/C20H19BrN2O6/c1-5-27-18(25)13-9-12-15(24)11-8-10(21)6-7-14(11)28-17(12)22-16(13)23-19(26)29-20(2,3)4/h6-9H,5H2,1-4H3,(H,22,23,26). The SMILES string of the molecule is CCOC(=O)c1cc2c(=O)c3cc(Br)ccc3oc2nc1NC(=O)OC(C)(C)C. The molecular weight excluding hydrogens is 444 g/mol. The second-order valence-corrected chi connectivity index (χ2v) is 8.07. The van der Waals surface area contributed by atoms with Crippen LogP contribution in [0.1, 0.15) is 38.1 Å². The van der Waals surface area contributed by atoms with Crippen molar-refractivity contribution in [3.05, 3.63) is 44.5 Å². The number of ether oxygens (including phenoxy) is 2. The van der Waals surface area contributed by atoms with Crippen molar-refractivity contribution in [3.8, 4) is 0 Å². The molecule has 0 saturated carbocycles. The molecule has 8 nitrogen and oxygen atoms in total. The summed E-state index contributed by atoms with van der Waals surface area (Å²) < 4.78 is 16.7. The van der Waals surface area contributed by atoms with Gasteiger partial charge in [0, 0.05) is 4.47 Å². The molecule has 0 aliphatic rings. The van der Waals surface area contributed by atoms with Gasteiger partial charge < -0.3 is 13.9 Å². The molecule has 3 aromatic rings. The lowest BCUT2D eigenvalue weighted by molar-refractivity contribution is 0.0527. The number of benzene rings is 1. The maximum atomic E-state index is 12.9. The molecule has 1 N–H and O–H groups in total. The molecule has 1 aromatic carbocycles. The number of carbonyl (C=O) groups is 2. The first-order valence-corrected chi connectivity index (χ1v) is 9.62. The second kappa shape index (κ2) is 7.82. The molecule has 0 saturated heterocycles. The molecule has 0 aliphatic heterocycles. The van der Waals surface area contributed by atoms with Crippen molar-refractivity contribution in [2.75, 3.05) is 11.9 Å². The number of esters is 1. The van der Waals surface area contributed by atoms with E-state index in [0.717, 1.165) is 0 Å². The second-order valence-electron chi connectivity index (χ2n) is 7.16. The molecule has 0 unspecified atom stereocenters. The van der Waals surface area contributed by atoms with E-state index in [1.54, 1.807) is 45.9 Å². The first-order chi connectivity index (χ1) is 13.6. The van der Waals surface area contributed by atoms with Gasteiger partial charge in [0.05, 0.1) is 17.4 Å². The number of carbonyl (C=O) groups excluding carboxylic acids is 2. The van der Waals surface area contributed by atoms with Crippen molar-refractivity contribution in [3.63, 3.8) is 0 Å². The van der Waals surface area contributed by atoms with Crippen LogP contribution in [0.25, 0.3) is 22.1 Å². The maximum absolute atomic E-state index is 12.9. The molecular formula is C20H19BrN2O6. The van der Waals surface area contributed by atoms with Crippen LogP contribution in [0.3, 0.4) is 0 Å².